The molecule has 1 heterocycles. The van der Waals surface area contributed by atoms with Gasteiger partial charge in [0.1, 0.15) is 14.7 Å². The number of rotatable bonds is 2. The molecule has 0 aromatic heterocycles. The molecule has 0 aromatic carbocycles. The van der Waals surface area contributed by atoms with Crippen molar-refractivity contribution in [3.63, 3.8) is 0 Å². The summed E-state index contributed by atoms with van der Waals surface area (Å²) in [6, 6.07) is 0. The van der Waals surface area contributed by atoms with Gasteiger partial charge in [-0.3, -0.25) is 0 Å². The van der Waals surface area contributed by atoms with Gasteiger partial charge in [-0.2, -0.15) is 0 Å². The van der Waals surface area contributed by atoms with Gasteiger partial charge in [0.2, 0.25) is 0 Å². The predicted octanol–water partition coefficient (Wildman–Crippen LogP) is 2.78. The van der Waals surface area contributed by atoms with E-state index in [1.165, 1.54) is 0 Å². The highest BCUT2D eigenvalue weighted by atomic mass is 79.9. The van der Waals surface area contributed by atoms with Crippen molar-refractivity contribution in [2.24, 2.45) is 0 Å². The lowest BCUT2D eigenvalue weighted by molar-refractivity contribution is -0.148. The van der Waals surface area contributed by atoms with Crippen LogP contribution in [0.15, 0.2) is 0 Å². The van der Waals surface area contributed by atoms with E-state index in [2.05, 4.69) is 47.0 Å². The van der Waals surface area contributed by atoms with Gasteiger partial charge in [-0.1, -0.05) is 41.5 Å². The molecular weight excluding hydrogens is 272 g/mol. The van der Waals surface area contributed by atoms with Gasteiger partial charge in [-0.15, -0.1) is 5.54 Å². The molecule has 2 unspecified atom stereocenters. The van der Waals surface area contributed by atoms with E-state index in [0.717, 1.165) is 19.4 Å². The number of hydrogen-bond donors (Lipinski definition) is 0. The summed E-state index contributed by atoms with van der Waals surface area (Å²) in [4.78, 5) is 0.319. The van der Waals surface area contributed by atoms with E-state index >= 15 is 0 Å². The van der Waals surface area contributed by atoms with Crippen molar-refractivity contribution in [2.75, 3.05) is 13.2 Å². The molecule has 1 saturated heterocycles. The largest absolute Gasteiger partial charge is 0.351 e. The van der Waals surface area contributed by atoms with Gasteiger partial charge < -0.3 is 9.47 Å². The van der Waals surface area contributed by atoms with E-state index in [4.69, 9.17) is 9.47 Å². The summed E-state index contributed by atoms with van der Waals surface area (Å²) in [5.41, 5.74) is 3.27. The minimum Gasteiger partial charge on any atom is -0.351 e. The van der Waals surface area contributed by atoms with Crippen LogP contribution in [0, 0.1) is 11.5 Å². The molecule has 0 amide bonds. The lowest BCUT2D eigenvalue weighted by Crippen LogP contribution is -2.32. The highest BCUT2D eigenvalue weighted by Crippen LogP contribution is 2.21. The fourth-order valence-electron chi connectivity index (χ4n) is 1.30. The van der Waals surface area contributed by atoms with E-state index in [1.54, 1.807) is 0 Å². The Morgan fingerprint density at radius 2 is 2.20 bits per heavy atom. The molecular formula is C11H19BrO2Si. The molecule has 1 aliphatic rings. The Balaban J connectivity index is 2.26. The van der Waals surface area contributed by atoms with Crippen LogP contribution < -0.4 is 0 Å². The van der Waals surface area contributed by atoms with Gasteiger partial charge in [-0.25, -0.2) is 0 Å². The number of hydrogen-bond acceptors (Lipinski definition) is 2. The third-order valence-corrected chi connectivity index (χ3v) is 3.80. The molecule has 1 aliphatic heterocycles. The lowest BCUT2D eigenvalue weighted by atomic mass is 10.2. The zero-order valence-corrected chi connectivity index (χ0v) is 12.3. The van der Waals surface area contributed by atoms with Crippen molar-refractivity contribution in [2.45, 2.75) is 43.6 Å². The number of halogens is 1. The second-order valence-corrected chi connectivity index (χ2v) is 10.7. The minimum absolute atomic E-state index is 0.116. The zero-order valence-electron chi connectivity index (χ0n) is 9.68. The van der Waals surface area contributed by atoms with E-state index < -0.39 is 8.07 Å². The van der Waals surface area contributed by atoms with E-state index in [0.29, 0.717) is 11.4 Å². The van der Waals surface area contributed by atoms with Crippen LogP contribution in [0.25, 0.3) is 0 Å². The van der Waals surface area contributed by atoms with Crippen LogP contribution in [-0.4, -0.2) is 32.4 Å². The average molecular weight is 291 g/mol. The van der Waals surface area contributed by atoms with Gasteiger partial charge in [0.15, 0.2) is 6.29 Å². The second kappa shape index (κ2) is 6.05. The second-order valence-electron chi connectivity index (χ2n) is 4.76. The van der Waals surface area contributed by atoms with Crippen LogP contribution in [0.4, 0.5) is 0 Å². The van der Waals surface area contributed by atoms with Crippen LogP contribution >= 0.6 is 15.9 Å². The summed E-state index contributed by atoms with van der Waals surface area (Å²) < 4.78 is 11.1. The first kappa shape index (κ1) is 13.2. The molecule has 2 atom stereocenters. The lowest BCUT2D eigenvalue weighted by Gasteiger charge is -2.26. The Morgan fingerprint density at radius 1 is 1.47 bits per heavy atom. The van der Waals surface area contributed by atoms with Crippen molar-refractivity contribution in [3.8, 4) is 11.5 Å². The van der Waals surface area contributed by atoms with Crippen LogP contribution in [0.5, 0.6) is 0 Å². The molecule has 15 heavy (non-hydrogen) atoms. The summed E-state index contributed by atoms with van der Waals surface area (Å²) in [5, 5.41) is 0. The highest BCUT2D eigenvalue weighted by molar-refractivity contribution is 9.09. The van der Waals surface area contributed by atoms with Crippen LogP contribution in [0.3, 0.4) is 0 Å². The van der Waals surface area contributed by atoms with E-state index in [-0.39, 0.29) is 6.29 Å². The third kappa shape index (κ3) is 5.72. The SMILES string of the molecule is C[Si](C)(C)C#CCOC1OCCCC1Br. The van der Waals surface area contributed by atoms with Crippen molar-refractivity contribution >= 4 is 24.0 Å². The maximum absolute atomic E-state index is 5.57. The summed E-state index contributed by atoms with van der Waals surface area (Å²) >= 11 is 3.56. The van der Waals surface area contributed by atoms with E-state index in [9.17, 15) is 0 Å². The normalized spacial score (nSPS) is 26.9. The van der Waals surface area contributed by atoms with Crippen molar-refractivity contribution in [3.05, 3.63) is 0 Å². The van der Waals surface area contributed by atoms with Crippen LogP contribution in [0.2, 0.25) is 19.6 Å². The topological polar surface area (TPSA) is 18.5 Å². The van der Waals surface area contributed by atoms with Gasteiger partial charge >= 0.3 is 0 Å². The van der Waals surface area contributed by atoms with Crippen molar-refractivity contribution in [1.29, 1.82) is 0 Å². The quantitative estimate of drug-likeness (QED) is 0.442. The monoisotopic (exact) mass is 290 g/mol. The Morgan fingerprint density at radius 3 is 2.80 bits per heavy atom. The molecule has 0 N–H and O–H groups in total. The standard InChI is InChI=1S/C11H19BrO2Si/c1-15(2,3)9-5-8-14-11-10(12)6-4-7-13-11/h10-11H,4,6-8H2,1-3H3. The Kier molecular flexibility index (Phi) is 5.34. The average Bonchev–Trinajstić information content (AvgIpc) is 2.13. The van der Waals surface area contributed by atoms with Crippen molar-refractivity contribution in [1.82, 2.24) is 0 Å². The van der Waals surface area contributed by atoms with Gasteiger partial charge in [0, 0.05) is 6.61 Å². The molecule has 2 nitrogen and oxygen atoms in total. The first-order valence-corrected chi connectivity index (χ1v) is 9.78. The zero-order chi connectivity index (χ0) is 11.3. The Labute approximate surface area is 102 Å². The maximum atomic E-state index is 5.57. The van der Waals surface area contributed by atoms with Crippen molar-refractivity contribution < 1.29 is 9.47 Å². The fourth-order valence-corrected chi connectivity index (χ4v) is 2.53. The van der Waals surface area contributed by atoms with Gasteiger partial charge in [0.25, 0.3) is 0 Å². The summed E-state index contributed by atoms with van der Waals surface area (Å²) in [6.45, 7) is 7.96. The molecule has 1 rings (SSSR count). The Hall–Kier alpha value is 0.177. The molecule has 4 heteroatoms. The minimum atomic E-state index is -1.25. The smallest absolute Gasteiger partial charge is 0.171 e. The Bertz CT molecular complexity index is 252. The summed E-state index contributed by atoms with van der Waals surface area (Å²) in [7, 11) is -1.25. The summed E-state index contributed by atoms with van der Waals surface area (Å²) in [6.07, 6.45) is 2.11. The third-order valence-electron chi connectivity index (χ3n) is 1.98. The molecule has 0 bridgehead atoms. The molecule has 0 saturated carbocycles. The summed E-state index contributed by atoms with van der Waals surface area (Å²) in [5.74, 6) is 3.08. The number of ether oxygens (including phenoxy) is 2. The molecule has 1 fully saturated rings. The van der Waals surface area contributed by atoms with E-state index in [1.807, 2.05) is 0 Å². The van der Waals surface area contributed by atoms with Crippen LogP contribution in [0.1, 0.15) is 12.8 Å². The first-order valence-electron chi connectivity index (χ1n) is 5.36. The highest BCUT2D eigenvalue weighted by Gasteiger charge is 2.23. The first-order chi connectivity index (χ1) is 6.99. The maximum Gasteiger partial charge on any atom is 0.171 e. The van der Waals surface area contributed by atoms with Crippen LogP contribution in [-0.2, 0) is 9.47 Å². The molecule has 0 aromatic rings. The fraction of sp³-hybridized carbons (Fsp3) is 0.818. The predicted molar refractivity (Wildman–Crippen MR) is 68.8 cm³/mol. The molecule has 0 radical (unpaired) electrons. The molecule has 0 spiro atoms. The molecule has 86 valence electrons. The number of alkyl halides is 1. The van der Waals surface area contributed by atoms with Gasteiger partial charge in [-0.05, 0) is 12.8 Å². The van der Waals surface area contributed by atoms with Gasteiger partial charge in [0.05, 0.1) is 4.83 Å². The molecule has 0 aliphatic carbocycles.